The summed E-state index contributed by atoms with van der Waals surface area (Å²) in [6.45, 7) is 2.04. The van der Waals surface area contributed by atoms with Crippen LogP contribution in [-0.4, -0.2) is 27.5 Å². The lowest BCUT2D eigenvalue weighted by atomic mass is 10.1. The summed E-state index contributed by atoms with van der Waals surface area (Å²) in [7, 11) is 1.59. The maximum Gasteiger partial charge on any atom is 0.210 e. The fourth-order valence-corrected chi connectivity index (χ4v) is 3.46. The second-order valence-corrected chi connectivity index (χ2v) is 7.34. The average molecular weight is 385 g/mol. The highest BCUT2D eigenvalue weighted by atomic mass is 35.5. The summed E-state index contributed by atoms with van der Waals surface area (Å²) in [5.74, 6) is 1.21. The number of hydrogen-bond acceptors (Lipinski definition) is 5. The van der Waals surface area contributed by atoms with Crippen LogP contribution >= 0.6 is 23.4 Å². The minimum Gasteiger partial charge on any atom is -0.496 e. The van der Waals surface area contributed by atoms with E-state index in [0.717, 1.165) is 11.1 Å². The van der Waals surface area contributed by atoms with Crippen LogP contribution in [0.3, 0.4) is 0 Å². The van der Waals surface area contributed by atoms with E-state index in [0.29, 0.717) is 28.2 Å². The molecule has 1 N–H and O–H groups in total. The predicted octanol–water partition coefficient (Wildman–Crippen LogP) is 4.67. The molecule has 3 rings (SSSR count). The van der Waals surface area contributed by atoms with Gasteiger partial charge in [0.15, 0.2) is 5.82 Å². The Morgan fingerprint density at radius 3 is 2.73 bits per heavy atom. The molecule has 1 heterocycles. The highest BCUT2D eigenvalue weighted by Gasteiger charge is 2.16. The second-order valence-electron chi connectivity index (χ2n) is 5.74. The van der Waals surface area contributed by atoms with Crippen molar-refractivity contribution in [2.75, 3.05) is 7.11 Å². The number of methoxy groups -OCH3 is 1. The molecule has 3 aromatic rings. The maximum atomic E-state index is 9.47. The molecule has 0 saturated heterocycles. The topological polar surface area (TPSA) is 74.6 Å². The number of hydrogen-bond donors (Lipinski definition) is 1. The summed E-state index contributed by atoms with van der Waals surface area (Å²) in [6.07, 6.45) is 0.631. The van der Waals surface area contributed by atoms with E-state index in [1.165, 1.54) is 17.3 Å². The summed E-state index contributed by atoms with van der Waals surface area (Å²) < 4.78 is 5.35. The molecule has 26 heavy (non-hydrogen) atoms. The molecule has 0 radical (unpaired) electrons. The van der Waals surface area contributed by atoms with Crippen molar-refractivity contribution in [2.45, 2.75) is 23.8 Å². The van der Waals surface area contributed by atoms with Gasteiger partial charge in [-0.05, 0) is 37.1 Å². The molecule has 1 unspecified atom stereocenters. The highest BCUT2D eigenvalue weighted by molar-refractivity contribution is 8.00. The quantitative estimate of drug-likeness (QED) is 0.625. The van der Waals surface area contributed by atoms with Gasteiger partial charge in [-0.25, -0.2) is 4.98 Å². The van der Waals surface area contributed by atoms with Gasteiger partial charge in [-0.2, -0.15) is 5.26 Å². The minimum absolute atomic E-state index is 0.275. The van der Waals surface area contributed by atoms with Gasteiger partial charge in [-0.15, -0.1) is 5.10 Å². The van der Waals surface area contributed by atoms with Crippen molar-refractivity contribution in [2.24, 2.45) is 0 Å². The van der Waals surface area contributed by atoms with Crippen molar-refractivity contribution in [3.63, 3.8) is 0 Å². The molecule has 132 valence electrons. The first kappa shape index (κ1) is 18.3. The first-order valence-corrected chi connectivity index (χ1v) is 9.23. The summed E-state index contributed by atoms with van der Waals surface area (Å²) in [5.41, 5.74) is 3.04. The van der Waals surface area contributed by atoms with Crippen LogP contribution in [0.15, 0.2) is 47.6 Å². The molecule has 1 atom stereocenters. The van der Waals surface area contributed by atoms with Crippen molar-refractivity contribution < 1.29 is 4.74 Å². The summed E-state index contributed by atoms with van der Waals surface area (Å²) >= 11 is 7.41. The van der Waals surface area contributed by atoms with Crippen LogP contribution in [-0.2, 0) is 6.42 Å². The number of aromatic amines is 1. The fourth-order valence-electron chi connectivity index (χ4n) is 2.46. The van der Waals surface area contributed by atoms with Gasteiger partial charge in [0, 0.05) is 5.02 Å². The Hall–Kier alpha value is -2.49. The molecule has 0 aliphatic rings. The highest BCUT2D eigenvalue weighted by Crippen LogP contribution is 2.32. The smallest absolute Gasteiger partial charge is 0.210 e. The Balaban J connectivity index is 1.76. The molecule has 0 aliphatic heterocycles. The van der Waals surface area contributed by atoms with Crippen molar-refractivity contribution in [3.05, 3.63) is 58.6 Å². The predicted molar refractivity (Wildman–Crippen MR) is 104 cm³/mol. The van der Waals surface area contributed by atoms with E-state index in [2.05, 4.69) is 21.3 Å². The van der Waals surface area contributed by atoms with Crippen LogP contribution in [0.5, 0.6) is 5.75 Å². The Morgan fingerprint density at radius 1 is 1.27 bits per heavy atom. The molecular weight excluding hydrogens is 368 g/mol. The first-order valence-electron chi connectivity index (χ1n) is 7.97. The third-order valence-corrected chi connectivity index (χ3v) is 5.00. The van der Waals surface area contributed by atoms with Crippen molar-refractivity contribution in [1.29, 1.82) is 5.26 Å². The van der Waals surface area contributed by atoms with Crippen LogP contribution in [0.2, 0.25) is 5.02 Å². The molecule has 1 aromatic heterocycles. The number of H-pyrrole nitrogens is 1. The lowest BCUT2D eigenvalue weighted by Gasteiger charge is -2.07. The lowest BCUT2D eigenvalue weighted by Crippen LogP contribution is -2.04. The zero-order valence-electron chi connectivity index (χ0n) is 14.4. The van der Waals surface area contributed by atoms with Gasteiger partial charge in [0.1, 0.15) is 11.0 Å². The van der Waals surface area contributed by atoms with Crippen molar-refractivity contribution in [1.82, 2.24) is 15.2 Å². The molecule has 5 nitrogen and oxygen atoms in total. The fraction of sp³-hybridized carbons (Fsp3) is 0.211. The molecule has 0 aliphatic carbocycles. The van der Waals surface area contributed by atoms with Gasteiger partial charge in [0.25, 0.3) is 0 Å². The average Bonchev–Trinajstić information content (AvgIpc) is 3.11. The Bertz CT molecular complexity index is 933. The van der Waals surface area contributed by atoms with E-state index in [1.54, 1.807) is 25.3 Å². The van der Waals surface area contributed by atoms with Crippen LogP contribution in [0.25, 0.3) is 11.4 Å². The number of nitriles is 1. The maximum absolute atomic E-state index is 9.47. The molecule has 0 amide bonds. The van der Waals surface area contributed by atoms with E-state index in [1.807, 2.05) is 31.2 Å². The number of nitrogens with one attached hydrogen (secondary N) is 1. The van der Waals surface area contributed by atoms with E-state index in [4.69, 9.17) is 16.3 Å². The third kappa shape index (κ3) is 4.37. The minimum atomic E-state index is -0.275. The van der Waals surface area contributed by atoms with Gasteiger partial charge >= 0.3 is 0 Å². The summed E-state index contributed by atoms with van der Waals surface area (Å²) in [5, 5.41) is 17.4. The number of aromatic nitrogens is 3. The molecular formula is C19H17ClN4OS. The number of ether oxygens (including phenoxy) is 1. The lowest BCUT2D eigenvalue weighted by molar-refractivity contribution is 0.416. The van der Waals surface area contributed by atoms with E-state index >= 15 is 0 Å². The third-order valence-electron chi connectivity index (χ3n) is 3.81. The van der Waals surface area contributed by atoms with Crippen molar-refractivity contribution in [3.8, 4) is 23.2 Å². The van der Waals surface area contributed by atoms with Crippen LogP contribution < -0.4 is 4.74 Å². The zero-order valence-corrected chi connectivity index (χ0v) is 15.9. The normalized spacial score (nSPS) is 11.8. The van der Waals surface area contributed by atoms with Crippen LogP contribution in [0.4, 0.5) is 0 Å². The van der Waals surface area contributed by atoms with Crippen LogP contribution in [0.1, 0.15) is 11.1 Å². The SMILES string of the molecule is COc1ccc(Cl)cc1-c1nc(SC(C#N)Cc2ccc(C)cc2)n[nH]1. The zero-order chi connectivity index (χ0) is 18.5. The molecule has 7 heteroatoms. The van der Waals surface area contributed by atoms with Gasteiger partial charge < -0.3 is 4.74 Å². The number of rotatable bonds is 6. The van der Waals surface area contributed by atoms with E-state index in [-0.39, 0.29) is 5.25 Å². The van der Waals surface area contributed by atoms with Crippen molar-refractivity contribution >= 4 is 23.4 Å². The van der Waals surface area contributed by atoms with Gasteiger partial charge in [-0.1, -0.05) is 53.2 Å². The number of nitrogens with zero attached hydrogens (tertiary/aromatic N) is 3. The monoisotopic (exact) mass is 384 g/mol. The van der Waals surface area contributed by atoms with E-state index in [9.17, 15) is 5.26 Å². The number of aryl methyl sites for hydroxylation is 1. The Morgan fingerprint density at radius 2 is 2.04 bits per heavy atom. The largest absolute Gasteiger partial charge is 0.496 e. The number of halogens is 1. The number of benzene rings is 2. The van der Waals surface area contributed by atoms with Crippen LogP contribution in [0, 0.1) is 18.3 Å². The molecule has 2 aromatic carbocycles. The molecule has 0 saturated carbocycles. The summed E-state index contributed by atoms with van der Waals surface area (Å²) in [6, 6.07) is 15.8. The molecule has 0 fully saturated rings. The summed E-state index contributed by atoms with van der Waals surface area (Å²) in [4.78, 5) is 4.48. The molecule has 0 spiro atoms. The molecule has 0 bridgehead atoms. The Kier molecular flexibility index (Phi) is 5.82. The van der Waals surface area contributed by atoms with Gasteiger partial charge in [-0.3, -0.25) is 5.10 Å². The standard InChI is InChI=1S/C19H17ClN4OS/c1-12-3-5-13(6-4-12)9-15(11-21)26-19-22-18(23-24-19)16-10-14(20)7-8-17(16)25-2/h3-8,10,15H,9H2,1-2H3,(H,22,23,24). The van der Waals surface area contributed by atoms with Gasteiger partial charge in [0.05, 0.1) is 18.7 Å². The second kappa shape index (κ2) is 8.26. The van der Waals surface area contributed by atoms with E-state index < -0.39 is 0 Å². The van der Waals surface area contributed by atoms with Gasteiger partial charge in [0.2, 0.25) is 5.16 Å². The Labute approximate surface area is 161 Å². The first-order chi connectivity index (χ1) is 12.6. The number of thioether (sulfide) groups is 1.